The monoisotopic (exact) mass is 335 g/mol. The first-order valence-electron chi connectivity index (χ1n) is 5.29. The van der Waals surface area contributed by atoms with Gasteiger partial charge in [0.2, 0.25) is 0 Å². The highest BCUT2D eigenvalue weighted by Gasteiger charge is 2.40. The topological polar surface area (TPSA) is 21.3 Å². The van der Waals surface area contributed by atoms with Crippen LogP contribution in [0.5, 0.6) is 0 Å². The second-order valence-corrected chi connectivity index (χ2v) is 5.75. The Labute approximate surface area is 109 Å². The summed E-state index contributed by atoms with van der Waals surface area (Å²) in [5, 5.41) is 3.14. The third-order valence-corrected chi connectivity index (χ3v) is 3.40. The van der Waals surface area contributed by atoms with Crippen molar-refractivity contribution in [2.75, 3.05) is 6.67 Å². The van der Waals surface area contributed by atoms with E-state index in [-0.39, 0.29) is 12.1 Å². The maximum atomic E-state index is 12.9. The molecule has 2 rings (SSSR count). The standard InChI is InChI=1S/C12H15FINO/c1-12(2)15-10(7-13)11(16-12)8-3-5-9(14)6-4-8/h3-6,10-11,15H,7H2,1-2H3/t10-,11?/m1/s1. The second kappa shape index (κ2) is 4.58. The fourth-order valence-corrected chi connectivity index (χ4v) is 2.39. The first-order chi connectivity index (χ1) is 7.52. The van der Waals surface area contributed by atoms with E-state index in [0.717, 1.165) is 5.56 Å². The van der Waals surface area contributed by atoms with E-state index >= 15 is 0 Å². The molecule has 0 spiro atoms. The van der Waals surface area contributed by atoms with E-state index in [4.69, 9.17) is 4.74 Å². The minimum absolute atomic E-state index is 0.197. The van der Waals surface area contributed by atoms with Crippen LogP contribution in [0.2, 0.25) is 0 Å². The van der Waals surface area contributed by atoms with Crippen molar-refractivity contribution in [3.05, 3.63) is 33.4 Å². The molecule has 0 aromatic heterocycles. The molecule has 0 amide bonds. The highest BCUT2D eigenvalue weighted by Crippen LogP contribution is 2.33. The highest BCUT2D eigenvalue weighted by molar-refractivity contribution is 14.1. The predicted molar refractivity (Wildman–Crippen MR) is 70.0 cm³/mol. The van der Waals surface area contributed by atoms with Gasteiger partial charge in [-0.25, -0.2) is 4.39 Å². The van der Waals surface area contributed by atoms with Gasteiger partial charge in [-0.05, 0) is 54.1 Å². The van der Waals surface area contributed by atoms with Gasteiger partial charge in [-0.2, -0.15) is 0 Å². The quantitative estimate of drug-likeness (QED) is 0.839. The van der Waals surface area contributed by atoms with Crippen LogP contribution in [0.15, 0.2) is 24.3 Å². The molecule has 1 fully saturated rings. The van der Waals surface area contributed by atoms with Crippen LogP contribution in [0, 0.1) is 3.57 Å². The first-order valence-corrected chi connectivity index (χ1v) is 6.37. The number of ether oxygens (including phenoxy) is 1. The van der Waals surface area contributed by atoms with Gasteiger partial charge in [-0.3, -0.25) is 5.32 Å². The maximum Gasteiger partial charge on any atom is 0.114 e. The third-order valence-electron chi connectivity index (χ3n) is 2.68. The summed E-state index contributed by atoms with van der Waals surface area (Å²) in [6.45, 7) is 3.42. The molecule has 2 nitrogen and oxygen atoms in total. The number of hydrogen-bond acceptors (Lipinski definition) is 2. The molecule has 4 heteroatoms. The zero-order chi connectivity index (χ0) is 11.8. The van der Waals surface area contributed by atoms with E-state index in [0.29, 0.717) is 0 Å². The summed E-state index contributed by atoms with van der Waals surface area (Å²) >= 11 is 2.25. The number of alkyl halides is 1. The third kappa shape index (κ3) is 2.55. The summed E-state index contributed by atoms with van der Waals surface area (Å²) in [5.74, 6) is 0. The van der Waals surface area contributed by atoms with Crippen LogP contribution in [0.4, 0.5) is 4.39 Å². The van der Waals surface area contributed by atoms with E-state index in [1.807, 2.05) is 38.1 Å². The summed E-state index contributed by atoms with van der Waals surface area (Å²) in [6.07, 6.45) is -0.197. The summed E-state index contributed by atoms with van der Waals surface area (Å²) in [6, 6.07) is 7.77. The van der Waals surface area contributed by atoms with Crippen LogP contribution in [-0.2, 0) is 4.74 Å². The van der Waals surface area contributed by atoms with Crippen LogP contribution in [0.25, 0.3) is 0 Å². The normalized spacial score (nSPS) is 28.2. The molecule has 1 unspecified atom stereocenters. The largest absolute Gasteiger partial charge is 0.352 e. The average Bonchev–Trinajstić information content (AvgIpc) is 2.55. The molecule has 1 aromatic rings. The van der Waals surface area contributed by atoms with Crippen molar-refractivity contribution in [3.63, 3.8) is 0 Å². The molecule has 0 saturated carbocycles. The average molecular weight is 335 g/mol. The SMILES string of the molecule is CC1(C)N[C@H](CF)C(c2ccc(I)cc2)O1. The fraction of sp³-hybridized carbons (Fsp3) is 0.500. The minimum atomic E-state index is -0.454. The Morgan fingerprint density at radius 2 is 2.00 bits per heavy atom. The molecule has 88 valence electrons. The smallest absolute Gasteiger partial charge is 0.114 e. The zero-order valence-electron chi connectivity index (χ0n) is 9.34. The lowest BCUT2D eigenvalue weighted by Crippen LogP contribution is -2.39. The van der Waals surface area contributed by atoms with Crippen molar-refractivity contribution in [1.29, 1.82) is 0 Å². The van der Waals surface area contributed by atoms with Gasteiger partial charge in [0.05, 0.1) is 6.04 Å². The van der Waals surface area contributed by atoms with Gasteiger partial charge in [0.25, 0.3) is 0 Å². The zero-order valence-corrected chi connectivity index (χ0v) is 11.5. The molecule has 1 aromatic carbocycles. The molecule has 0 aliphatic carbocycles. The molecule has 1 aliphatic rings. The molecule has 0 bridgehead atoms. The summed E-state index contributed by atoms with van der Waals surface area (Å²) in [7, 11) is 0. The number of hydrogen-bond donors (Lipinski definition) is 1. The van der Waals surface area contributed by atoms with Gasteiger partial charge in [-0.15, -0.1) is 0 Å². The van der Waals surface area contributed by atoms with Crippen LogP contribution >= 0.6 is 22.6 Å². The molecule has 1 N–H and O–H groups in total. The summed E-state index contributed by atoms with van der Waals surface area (Å²) < 4.78 is 19.9. The molecule has 2 atom stereocenters. The molecule has 0 radical (unpaired) electrons. The van der Waals surface area contributed by atoms with Gasteiger partial charge in [0.15, 0.2) is 0 Å². The van der Waals surface area contributed by atoms with E-state index < -0.39 is 12.4 Å². The molecule has 1 saturated heterocycles. The Morgan fingerprint density at radius 1 is 1.38 bits per heavy atom. The Kier molecular flexibility index (Phi) is 3.51. The van der Waals surface area contributed by atoms with Gasteiger partial charge in [-0.1, -0.05) is 12.1 Å². The van der Waals surface area contributed by atoms with E-state index in [1.165, 1.54) is 3.57 Å². The van der Waals surface area contributed by atoms with E-state index in [1.54, 1.807) is 0 Å². The summed E-state index contributed by atoms with van der Waals surface area (Å²) in [4.78, 5) is 0. The van der Waals surface area contributed by atoms with Gasteiger partial charge >= 0.3 is 0 Å². The molecule has 1 aliphatic heterocycles. The number of rotatable bonds is 2. The molecular weight excluding hydrogens is 320 g/mol. The van der Waals surface area contributed by atoms with E-state index in [9.17, 15) is 4.39 Å². The maximum absolute atomic E-state index is 12.9. The van der Waals surface area contributed by atoms with Crippen LogP contribution in [0.3, 0.4) is 0 Å². The number of halogens is 2. The minimum Gasteiger partial charge on any atom is -0.352 e. The molecule has 1 heterocycles. The first kappa shape index (κ1) is 12.3. The van der Waals surface area contributed by atoms with Crippen molar-refractivity contribution in [2.24, 2.45) is 0 Å². The van der Waals surface area contributed by atoms with Crippen molar-refractivity contribution in [2.45, 2.75) is 31.7 Å². The van der Waals surface area contributed by atoms with Gasteiger partial charge in [0.1, 0.15) is 18.5 Å². The Morgan fingerprint density at radius 3 is 2.56 bits per heavy atom. The summed E-state index contributed by atoms with van der Waals surface area (Å²) in [5.41, 5.74) is 0.575. The lowest BCUT2D eigenvalue weighted by Gasteiger charge is -2.18. The Bertz CT molecular complexity index is 366. The molecule has 16 heavy (non-hydrogen) atoms. The van der Waals surface area contributed by atoms with Crippen LogP contribution < -0.4 is 5.32 Å². The number of benzene rings is 1. The van der Waals surface area contributed by atoms with Gasteiger partial charge < -0.3 is 4.74 Å². The lowest BCUT2D eigenvalue weighted by atomic mass is 10.0. The van der Waals surface area contributed by atoms with Crippen LogP contribution in [-0.4, -0.2) is 18.4 Å². The van der Waals surface area contributed by atoms with Crippen molar-refractivity contribution < 1.29 is 9.13 Å². The molecular formula is C12H15FINO. The number of nitrogens with one attached hydrogen (secondary N) is 1. The predicted octanol–water partition coefficient (Wildman–Crippen LogP) is 3.03. The van der Waals surface area contributed by atoms with E-state index in [2.05, 4.69) is 27.9 Å². The lowest BCUT2D eigenvalue weighted by molar-refractivity contribution is -0.0267. The Hall–Kier alpha value is -0.200. The van der Waals surface area contributed by atoms with Crippen molar-refractivity contribution in [1.82, 2.24) is 5.32 Å². The van der Waals surface area contributed by atoms with Crippen molar-refractivity contribution in [3.8, 4) is 0 Å². The second-order valence-electron chi connectivity index (χ2n) is 4.51. The van der Waals surface area contributed by atoms with Crippen molar-refractivity contribution >= 4 is 22.6 Å². The fourth-order valence-electron chi connectivity index (χ4n) is 2.03. The van der Waals surface area contributed by atoms with Gasteiger partial charge in [0, 0.05) is 3.57 Å². The highest BCUT2D eigenvalue weighted by atomic mass is 127. The Balaban J connectivity index is 2.23. The van der Waals surface area contributed by atoms with Crippen LogP contribution in [0.1, 0.15) is 25.5 Å².